The summed E-state index contributed by atoms with van der Waals surface area (Å²) < 4.78 is 41.7. The second-order valence-electron chi connectivity index (χ2n) is 9.12. The highest BCUT2D eigenvalue weighted by atomic mass is 19.4. The Labute approximate surface area is 202 Å². The Bertz CT molecular complexity index is 901. The minimum absolute atomic E-state index is 0.129. The lowest BCUT2D eigenvalue weighted by molar-refractivity contribution is -0.138. The topological polar surface area (TPSA) is 102 Å². The van der Waals surface area contributed by atoms with E-state index in [0.29, 0.717) is 32.6 Å². The number of nitrogens with one attached hydrogen (secondary N) is 2. The second kappa shape index (κ2) is 12.2. The maximum atomic E-state index is 13.9. The molecule has 0 bridgehead atoms. The van der Waals surface area contributed by atoms with Crippen LogP contribution in [0.15, 0.2) is 18.2 Å². The van der Waals surface area contributed by atoms with Crippen molar-refractivity contribution < 1.29 is 32.7 Å². The molecule has 194 valence electrons. The SMILES string of the molecule is O=C(O)CCCCCCCN1CCN(c2ccc(NC3CCC(=O)NC3=O)cc2C(F)(F)F)CC1. The lowest BCUT2D eigenvalue weighted by Gasteiger charge is -2.37. The van der Waals surface area contributed by atoms with E-state index in [2.05, 4.69) is 15.5 Å². The van der Waals surface area contributed by atoms with Crippen LogP contribution in [0.2, 0.25) is 0 Å². The van der Waals surface area contributed by atoms with Gasteiger partial charge in [-0.3, -0.25) is 24.6 Å². The first-order valence-corrected chi connectivity index (χ1v) is 12.1. The molecule has 1 atom stereocenters. The number of carboxylic acid groups (broad SMARTS) is 1. The van der Waals surface area contributed by atoms with Crippen LogP contribution in [0.1, 0.15) is 56.9 Å². The lowest BCUT2D eigenvalue weighted by Crippen LogP contribution is -2.47. The second-order valence-corrected chi connectivity index (χ2v) is 9.12. The van der Waals surface area contributed by atoms with Crippen LogP contribution in [0.3, 0.4) is 0 Å². The van der Waals surface area contributed by atoms with E-state index in [1.54, 1.807) is 11.0 Å². The predicted octanol–water partition coefficient (Wildman–Crippen LogP) is 3.47. The molecule has 11 heteroatoms. The molecule has 2 heterocycles. The molecule has 2 amide bonds. The molecule has 1 unspecified atom stereocenters. The molecule has 0 aromatic heterocycles. The highest BCUT2D eigenvalue weighted by molar-refractivity contribution is 6.01. The molecule has 1 aromatic carbocycles. The van der Waals surface area contributed by atoms with Gasteiger partial charge in [0, 0.05) is 50.4 Å². The number of amides is 2. The first-order chi connectivity index (χ1) is 16.6. The van der Waals surface area contributed by atoms with Crippen LogP contribution >= 0.6 is 0 Å². The summed E-state index contributed by atoms with van der Waals surface area (Å²) in [6.07, 6.45) is 0.612. The highest BCUT2D eigenvalue weighted by Gasteiger charge is 2.36. The van der Waals surface area contributed by atoms with Crippen molar-refractivity contribution in [2.75, 3.05) is 42.9 Å². The van der Waals surface area contributed by atoms with Crippen molar-refractivity contribution in [3.63, 3.8) is 0 Å². The Morgan fingerprint density at radius 3 is 2.40 bits per heavy atom. The van der Waals surface area contributed by atoms with Crippen molar-refractivity contribution in [3.05, 3.63) is 23.8 Å². The molecule has 3 rings (SSSR count). The molecule has 8 nitrogen and oxygen atoms in total. The maximum absolute atomic E-state index is 13.9. The number of aliphatic carboxylic acids is 1. The van der Waals surface area contributed by atoms with Gasteiger partial charge in [-0.2, -0.15) is 13.2 Å². The van der Waals surface area contributed by atoms with Crippen molar-refractivity contribution in [1.82, 2.24) is 10.2 Å². The standard InChI is InChI=1S/C24H33F3N4O4/c25-24(26,27)18-16-17(28-19-8-10-21(32)29-23(19)35)7-9-20(18)31-14-12-30(13-15-31)11-5-3-1-2-4-6-22(33)34/h7,9,16,19,28H,1-6,8,10-15H2,(H,33,34)(H,29,32,35). The zero-order valence-corrected chi connectivity index (χ0v) is 19.7. The van der Waals surface area contributed by atoms with E-state index >= 15 is 0 Å². The normalized spacial score (nSPS) is 19.5. The third kappa shape index (κ3) is 8.12. The van der Waals surface area contributed by atoms with Crippen molar-refractivity contribution >= 4 is 29.2 Å². The number of alkyl halides is 3. The number of carbonyl (C=O) groups is 3. The van der Waals surface area contributed by atoms with Crippen molar-refractivity contribution in [2.24, 2.45) is 0 Å². The third-order valence-corrected chi connectivity index (χ3v) is 6.46. The summed E-state index contributed by atoms with van der Waals surface area (Å²) in [6, 6.07) is 3.28. The smallest absolute Gasteiger partial charge is 0.418 e. The number of benzene rings is 1. The molecular weight excluding hydrogens is 465 g/mol. The fraction of sp³-hybridized carbons (Fsp3) is 0.625. The number of carbonyl (C=O) groups excluding carboxylic acids is 2. The summed E-state index contributed by atoms with van der Waals surface area (Å²) in [5.41, 5.74) is -0.424. The number of anilines is 2. The van der Waals surface area contributed by atoms with Crippen LogP contribution in [0.25, 0.3) is 0 Å². The molecule has 2 saturated heterocycles. The molecule has 2 aliphatic heterocycles. The number of halogens is 3. The zero-order valence-electron chi connectivity index (χ0n) is 19.7. The number of hydrogen-bond acceptors (Lipinski definition) is 6. The van der Waals surface area contributed by atoms with Crippen LogP contribution in [-0.2, 0) is 20.6 Å². The molecule has 0 spiro atoms. The van der Waals surface area contributed by atoms with Crippen LogP contribution in [0.5, 0.6) is 0 Å². The first kappa shape index (κ1) is 26.8. The number of piperazine rings is 1. The molecular formula is C24H33F3N4O4. The van der Waals surface area contributed by atoms with Gasteiger partial charge in [-0.1, -0.05) is 19.3 Å². The molecule has 0 radical (unpaired) electrons. The fourth-order valence-electron chi connectivity index (χ4n) is 4.52. The summed E-state index contributed by atoms with van der Waals surface area (Å²) in [5.74, 6) is -1.68. The molecule has 3 N–H and O–H groups in total. The summed E-state index contributed by atoms with van der Waals surface area (Å²) in [4.78, 5) is 37.8. The quantitative estimate of drug-likeness (QED) is 0.317. The van der Waals surface area contributed by atoms with Crippen molar-refractivity contribution in [2.45, 2.75) is 63.6 Å². The van der Waals surface area contributed by atoms with Gasteiger partial charge in [-0.15, -0.1) is 0 Å². The van der Waals surface area contributed by atoms with Gasteiger partial charge in [0.2, 0.25) is 11.8 Å². The fourth-order valence-corrected chi connectivity index (χ4v) is 4.52. The average molecular weight is 499 g/mol. The van der Waals surface area contributed by atoms with Gasteiger partial charge < -0.3 is 15.3 Å². The largest absolute Gasteiger partial charge is 0.481 e. The summed E-state index contributed by atoms with van der Waals surface area (Å²) in [5, 5.41) is 13.7. The Morgan fingerprint density at radius 2 is 1.74 bits per heavy atom. The van der Waals surface area contributed by atoms with Gasteiger partial charge in [0.05, 0.1) is 5.56 Å². The number of unbranched alkanes of at least 4 members (excludes halogenated alkanes) is 4. The summed E-state index contributed by atoms with van der Waals surface area (Å²) >= 11 is 0. The first-order valence-electron chi connectivity index (χ1n) is 12.1. The minimum atomic E-state index is -4.55. The number of carboxylic acids is 1. The van der Waals surface area contributed by atoms with E-state index in [9.17, 15) is 27.6 Å². The molecule has 1 aromatic rings. The van der Waals surface area contributed by atoms with Gasteiger partial charge in [0.15, 0.2) is 0 Å². The van der Waals surface area contributed by atoms with Crippen LogP contribution in [0, 0.1) is 0 Å². The van der Waals surface area contributed by atoms with Gasteiger partial charge in [0.25, 0.3) is 0 Å². The number of nitrogens with zero attached hydrogens (tertiary/aromatic N) is 2. The van der Waals surface area contributed by atoms with E-state index in [1.807, 2.05) is 0 Å². The van der Waals surface area contributed by atoms with E-state index < -0.39 is 29.7 Å². The maximum Gasteiger partial charge on any atom is 0.418 e. The van der Waals surface area contributed by atoms with Crippen molar-refractivity contribution in [1.29, 1.82) is 0 Å². The molecule has 2 fully saturated rings. The summed E-state index contributed by atoms with van der Waals surface area (Å²) in [7, 11) is 0. The Morgan fingerprint density at radius 1 is 1.06 bits per heavy atom. The number of rotatable bonds is 11. The van der Waals surface area contributed by atoms with Crippen LogP contribution in [-0.4, -0.2) is 66.6 Å². The van der Waals surface area contributed by atoms with E-state index in [1.165, 1.54) is 6.07 Å². The van der Waals surface area contributed by atoms with Crippen molar-refractivity contribution in [3.8, 4) is 0 Å². The monoisotopic (exact) mass is 498 g/mol. The predicted molar refractivity (Wildman–Crippen MR) is 125 cm³/mol. The zero-order chi connectivity index (χ0) is 25.4. The Kier molecular flexibility index (Phi) is 9.36. The average Bonchev–Trinajstić information content (AvgIpc) is 2.80. The highest BCUT2D eigenvalue weighted by Crippen LogP contribution is 2.39. The van der Waals surface area contributed by atoms with Gasteiger partial charge in [0.1, 0.15) is 6.04 Å². The summed E-state index contributed by atoms with van der Waals surface area (Å²) in [6.45, 7) is 3.20. The van der Waals surface area contributed by atoms with E-state index in [0.717, 1.165) is 38.3 Å². The lowest BCUT2D eigenvalue weighted by atomic mass is 10.0. The van der Waals surface area contributed by atoms with E-state index in [-0.39, 0.29) is 36.5 Å². The van der Waals surface area contributed by atoms with Gasteiger partial charge in [-0.05, 0) is 44.0 Å². The van der Waals surface area contributed by atoms with E-state index in [4.69, 9.17) is 5.11 Å². The molecule has 2 aliphatic rings. The number of hydrogen-bond donors (Lipinski definition) is 3. The molecule has 35 heavy (non-hydrogen) atoms. The van der Waals surface area contributed by atoms with Gasteiger partial charge >= 0.3 is 12.1 Å². The minimum Gasteiger partial charge on any atom is -0.481 e. The van der Waals surface area contributed by atoms with Gasteiger partial charge in [-0.25, -0.2) is 0 Å². The van der Waals surface area contributed by atoms with Crippen LogP contribution in [0.4, 0.5) is 24.5 Å². The molecule has 0 aliphatic carbocycles. The Hall–Kier alpha value is -2.82. The molecule has 0 saturated carbocycles. The number of piperidine rings is 1. The third-order valence-electron chi connectivity index (χ3n) is 6.46. The van der Waals surface area contributed by atoms with Crippen LogP contribution < -0.4 is 15.5 Å². The Balaban J connectivity index is 1.51. The number of imide groups is 1.